The highest BCUT2D eigenvalue weighted by molar-refractivity contribution is 8.00. The molecular formula is C16H21NO3S. The average molecular weight is 307 g/mol. The maximum absolute atomic E-state index is 11.9. The number of esters is 1. The summed E-state index contributed by atoms with van der Waals surface area (Å²) in [7, 11) is 1.38. The van der Waals surface area contributed by atoms with Crippen LogP contribution in [-0.2, 0) is 27.2 Å². The molecule has 4 nitrogen and oxygen atoms in total. The molecule has 114 valence electrons. The van der Waals surface area contributed by atoms with Gasteiger partial charge in [0.2, 0.25) is 5.91 Å². The second kappa shape index (κ2) is 7.50. The molecule has 0 aromatic heterocycles. The Morgan fingerprint density at radius 3 is 2.86 bits per heavy atom. The number of nitrogens with one attached hydrogen (secondary N) is 1. The van der Waals surface area contributed by atoms with Crippen LogP contribution in [0.25, 0.3) is 0 Å². The van der Waals surface area contributed by atoms with Crippen molar-refractivity contribution in [2.45, 2.75) is 37.9 Å². The van der Waals surface area contributed by atoms with E-state index in [0.29, 0.717) is 12.2 Å². The van der Waals surface area contributed by atoms with Gasteiger partial charge in [0.05, 0.1) is 19.3 Å². The summed E-state index contributed by atoms with van der Waals surface area (Å²) in [6.07, 6.45) is 3.77. The third kappa shape index (κ3) is 4.77. The number of fused-ring (bicyclic) bond motifs is 1. The average Bonchev–Trinajstić information content (AvgIpc) is 2.92. The number of anilines is 1. The highest BCUT2D eigenvalue weighted by Crippen LogP contribution is 2.25. The van der Waals surface area contributed by atoms with Crippen molar-refractivity contribution in [3.05, 3.63) is 29.3 Å². The van der Waals surface area contributed by atoms with Crippen LogP contribution in [0.4, 0.5) is 5.69 Å². The molecule has 1 aromatic rings. The van der Waals surface area contributed by atoms with Crippen molar-refractivity contribution in [2.75, 3.05) is 18.2 Å². The molecule has 0 spiro atoms. The molecule has 0 saturated carbocycles. The normalized spacial score (nSPS) is 14.4. The number of aryl methyl sites for hydroxylation is 2. The van der Waals surface area contributed by atoms with Crippen molar-refractivity contribution in [2.24, 2.45) is 0 Å². The Balaban J connectivity index is 1.78. The van der Waals surface area contributed by atoms with Gasteiger partial charge in [0.15, 0.2) is 0 Å². The van der Waals surface area contributed by atoms with Gasteiger partial charge in [0.25, 0.3) is 0 Å². The van der Waals surface area contributed by atoms with Crippen LogP contribution in [0, 0.1) is 0 Å². The fraction of sp³-hybridized carbons (Fsp3) is 0.500. The molecule has 1 aliphatic rings. The van der Waals surface area contributed by atoms with Crippen LogP contribution >= 0.6 is 11.8 Å². The number of ether oxygens (including phenoxy) is 1. The van der Waals surface area contributed by atoms with E-state index in [1.807, 2.05) is 13.0 Å². The van der Waals surface area contributed by atoms with Gasteiger partial charge >= 0.3 is 5.97 Å². The van der Waals surface area contributed by atoms with E-state index < -0.39 is 0 Å². The molecule has 21 heavy (non-hydrogen) atoms. The van der Waals surface area contributed by atoms with E-state index in [9.17, 15) is 9.59 Å². The first-order valence-corrected chi connectivity index (χ1v) is 8.23. The first-order valence-electron chi connectivity index (χ1n) is 7.18. The molecule has 1 aliphatic carbocycles. The lowest BCUT2D eigenvalue weighted by Gasteiger charge is -2.10. The summed E-state index contributed by atoms with van der Waals surface area (Å²) in [5, 5.41) is 2.99. The Labute approximate surface area is 129 Å². The van der Waals surface area contributed by atoms with E-state index in [2.05, 4.69) is 22.2 Å². The summed E-state index contributed by atoms with van der Waals surface area (Å²) in [6.45, 7) is 1.92. The zero-order chi connectivity index (χ0) is 15.2. The van der Waals surface area contributed by atoms with Gasteiger partial charge in [0.1, 0.15) is 0 Å². The van der Waals surface area contributed by atoms with Crippen molar-refractivity contribution in [3.63, 3.8) is 0 Å². The van der Waals surface area contributed by atoms with Gasteiger partial charge < -0.3 is 10.1 Å². The van der Waals surface area contributed by atoms with Gasteiger partial charge in [-0.3, -0.25) is 9.59 Å². The first kappa shape index (κ1) is 15.9. The van der Waals surface area contributed by atoms with Crippen molar-refractivity contribution in [3.8, 4) is 0 Å². The van der Waals surface area contributed by atoms with Crippen LogP contribution in [-0.4, -0.2) is 30.0 Å². The smallest absolute Gasteiger partial charge is 0.306 e. The van der Waals surface area contributed by atoms with Gasteiger partial charge in [-0.15, -0.1) is 11.8 Å². The number of rotatable bonds is 6. The van der Waals surface area contributed by atoms with E-state index >= 15 is 0 Å². The predicted octanol–water partition coefficient (Wildman–Crippen LogP) is 2.80. The van der Waals surface area contributed by atoms with Crippen LogP contribution in [0.1, 0.15) is 30.9 Å². The van der Waals surface area contributed by atoms with Crippen molar-refractivity contribution < 1.29 is 14.3 Å². The molecule has 1 unspecified atom stereocenters. The lowest BCUT2D eigenvalue weighted by molar-refractivity contribution is -0.140. The number of carbonyl (C=O) groups is 2. The molecule has 0 heterocycles. The zero-order valence-corrected chi connectivity index (χ0v) is 13.3. The third-order valence-electron chi connectivity index (χ3n) is 3.56. The topological polar surface area (TPSA) is 55.4 Å². The van der Waals surface area contributed by atoms with Crippen LogP contribution < -0.4 is 5.32 Å². The molecule has 1 aromatic carbocycles. The van der Waals surface area contributed by atoms with Gasteiger partial charge in [-0.25, -0.2) is 0 Å². The molecule has 1 N–H and O–H groups in total. The molecule has 0 aliphatic heterocycles. The highest BCUT2D eigenvalue weighted by atomic mass is 32.2. The Kier molecular flexibility index (Phi) is 5.67. The quantitative estimate of drug-likeness (QED) is 0.821. The monoisotopic (exact) mass is 307 g/mol. The van der Waals surface area contributed by atoms with Gasteiger partial charge in [-0.05, 0) is 42.5 Å². The highest BCUT2D eigenvalue weighted by Gasteiger charge is 2.14. The molecular weight excluding hydrogens is 286 g/mol. The van der Waals surface area contributed by atoms with Crippen molar-refractivity contribution >= 4 is 29.3 Å². The van der Waals surface area contributed by atoms with Crippen LogP contribution in [0.2, 0.25) is 0 Å². The lowest BCUT2D eigenvalue weighted by atomic mass is 10.1. The summed E-state index contributed by atoms with van der Waals surface area (Å²) in [6, 6.07) is 6.14. The summed E-state index contributed by atoms with van der Waals surface area (Å²) >= 11 is 1.46. The van der Waals surface area contributed by atoms with E-state index in [1.54, 1.807) is 0 Å². The Morgan fingerprint density at radius 2 is 2.10 bits per heavy atom. The number of methoxy groups -OCH3 is 1. The number of hydrogen-bond donors (Lipinski definition) is 1. The molecule has 0 radical (unpaired) electrons. The van der Waals surface area contributed by atoms with Gasteiger partial charge in [-0.2, -0.15) is 0 Å². The maximum atomic E-state index is 11.9. The van der Waals surface area contributed by atoms with Crippen molar-refractivity contribution in [1.82, 2.24) is 0 Å². The van der Waals surface area contributed by atoms with E-state index in [0.717, 1.165) is 18.5 Å². The summed E-state index contributed by atoms with van der Waals surface area (Å²) in [4.78, 5) is 23.1. The Hall–Kier alpha value is -1.49. The molecule has 0 fully saturated rings. The van der Waals surface area contributed by atoms with Crippen molar-refractivity contribution in [1.29, 1.82) is 0 Å². The summed E-state index contributed by atoms with van der Waals surface area (Å²) in [5.74, 6) is 0.0681. The second-order valence-corrected chi connectivity index (χ2v) is 6.71. The molecule has 5 heteroatoms. The first-order chi connectivity index (χ1) is 10.1. The largest absolute Gasteiger partial charge is 0.469 e. The minimum Gasteiger partial charge on any atom is -0.469 e. The Bertz CT molecular complexity index is 530. The van der Waals surface area contributed by atoms with Crippen LogP contribution in [0.3, 0.4) is 0 Å². The molecule has 0 bridgehead atoms. The minimum atomic E-state index is -0.242. The fourth-order valence-electron chi connectivity index (χ4n) is 2.44. The Morgan fingerprint density at radius 1 is 1.33 bits per heavy atom. The third-order valence-corrected chi connectivity index (χ3v) is 4.73. The number of hydrogen-bond acceptors (Lipinski definition) is 4. The number of amides is 1. The molecule has 1 amide bonds. The SMILES string of the molecule is COC(=O)CC(C)SCC(=O)Nc1ccc2c(c1)CCC2. The maximum Gasteiger partial charge on any atom is 0.306 e. The number of benzene rings is 1. The summed E-state index contributed by atoms with van der Waals surface area (Å²) < 4.78 is 4.61. The fourth-order valence-corrected chi connectivity index (χ4v) is 3.20. The van der Waals surface area contributed by atoms with Gasteiger partial charge in [-0.1, -0.05) is 13.0 Å². The molecule has 1 atom stereocenters. The second-order valence-electron chi connectivity index (χ2n) is 5.29. The van der Waals surface area contributed by atoms with Crippen LogP contribution in [0.5, 0.6) is 0 Å². The van der Waals surface area contributed by atoms with E-state index in [1.165, 1.54) is 36.4 Å². The minimum absolute atomic E-state index is 0.0327. The summed E-state index contributed by atoms with van der Waals surface area (Å²) in [5.41, 5.74) is 3.61. The van der Waals surface area contributed by atoms with Crippen LogP contribution in [0.15, 0.2) is 18.2 Å². The number of carbonyl (C=O) groups excluding carboxylic acids is 2. The molecule has 0 saturated heterocycles. The number of thioether (sulfide) groups is 1. The zero-order valence-electron chi connectivity index (χ0n) is 12.5. The standard InChI is InChI=1S/C16H21NO3S/c1-11(8-16(19)20-2)21-10-15(18)17-14-7-6-12-4-3-5-13(12)9-14/h6-7,9,11H,3-5,8,10H2,1-2H3,(H,17,18). The predicted molar refractivity (Wildman–Crippen MR) is 85.6 cm³/mol. The lowest BCUT2D eigenvalue weighted by Crippen LogP contribution is -2.17. The van der Waals surface area contributed by atoms with E-state index in [-0.39, 0.29) is 17.1 Å². The van der Waals surface area contributed by atoms with E-state index in [4.69, 9.17) is 0 Å². The molecule has 2 rings (SSSR count). The van der Waals surface area contributed by atoms with Gasteiger partial charge in [0, 0.05) is 10.9 Å².